The molecule has 0 radical (unpaired) electrons. The molecule has 2 aliphatic carbocycles. The van der Waals surface area contributed by atoms with E-state index in [1.807, 2.05) is 13.1 Å². The fourth-order valence-electron chi connectivity index (χ4n) is 4.44. The van der Waals surface area contributed by atoms with Crippen LogP contribution in [-0.4, -0.2) is 52.6 Å². The lowest BCUT2D eigenvalue weighted by molar-refractivity contribution is -0.140. The average Bonchev–Trinajstić information content (AvgIpc) is 3.39. The molecule has 146 valence electrons. The number of carbonyl (C=O) groups excluding carboxylic acids is 2. The predicted molar refractivity (Wildman–Crippen MR) is 111 cm³/mol. The third-order valence-corrected chi connectivity index (χ3v) is 5.77. The van der Waals surface area contributed by atoms with Gasteiger partial charge >= 0.3 is 0 Å². The van der Waals surface area contributed by atoms with Gasteiger partial charge in [-0.05, 0) is 24.3 Å². The Bertz CT molecular complexity index is 759. The molecule has 1 saturated heterocycles. The average molecular weight is 484 g/mol. The minimum atomic E-state index is -0.125. The number of aromatic nitrogens is 2. The van der Waals surface area contributed by atoms with Crippen molar-refractivity contribution in [1.82, 2.24) is 25.3 Å². The van der Waals surface area contributed by atoms with Crippen LogP contribution in [-0.2, 0) is 23.2 Å². The highest BCUT2D eigenvalue weighted by Gasteiger charge is 2.58. The van der Waals surface area contributed by atoms with E-state index >= 15 is 0 Å². The smallest absolute Gasteiger partial charge is 0.233 e. The van der Waals surface area contributed by atoms with E-state index in [-0.39, 0.29) is 59.5 Å². The van der Waals surface area contributed by atoms with E-state index in [9.17, 15) is 9.59 Å². The number of amides is 2. The maximum atomic E-state index is 12.6. The van der Waals surface area contributed by atoms with Gasteiger partial charge in [0, 0.05) is 33.4 Å². The second-order valence-corrected chi connectivity index (χ2v) is 7.13. The third kappa shape index (κ3) is 3.48. The fourth-order valence-corrected chi connectivity index (χ4v) is 4.44. The molecule has 4 rings (SSSR count). The zero-order chi connectivity index (χ0) is 18.3. The van der Waals surface area contributed by atoms with Crippen LogP contribution in [0.1, 0.15) is 12.1 Å². The Kier molecular flexibility index (Phi) is 5.87. The Hall–Kier alpha value is -1.91. The summed E-state index contributed by atoms with van der Waals surface area (Å²) in [6.07, 6.45) is 6.94. The van der Waals surface area contributed by atoms with Crippen LogP contribution in [0.15, 0.2) is 29.4 Å². The predicted octanol–water partition coefficient (Wildman–Crippen LogP) is 0.510. The van der Waals surface area contributed by atoms with Crippen molar-refractivity contribution in [3.8, 4) is 0 Å². The Balaban J connectivity index is 0.00000210. The number of fused-ring (bicyclic) bond motifs is 5. The molecule has 2 bridgehead atoms. The molecule has 4 unspecified atom stereocenters. The number of allylic oxidation sites excluding steroid dienone is 2. The molecule has 3 aliphatic rings. The highest BCUT2D eigenvalue weighted by molar-refractivity contribution is 14.0. The summed E-state index contributed by atoms with van der Waals surface area (Å²) < 4.78 is 1.79. The quantitative estimate of drug-likeness (QED) is 0.209. The highest BCUT2D eigenvalue weighted by atomic mass is 127. The molecule has 1 aromatic rings. The molecule has 2 fully saturated rings. The molecular weight excluding hydrogens is 459 g/mol. The van der Waals surface area contributed by atoms with Gasteiger partial charge in [-0.25, -0.2) is 0 Å². The van der Waals surface area contributed by atoms with Crippen LogP contribution in [0.25, 0.3) is 0 Å². The van der Waals surface area contributed by atoms with E-state index in [1.54, 1.807) is 17.9 Å². The summed E-state index contributed by atoms with van der Waals surface area (Å²) in [6, 6.07) is 1.93. The summed E-state index contributed by atoms with van der Waals surface area (Å²) in [5, 5.41) is 10.5. The number of likely N-dealkylation sites (tertiary alicyclic amines) is 1. The van der Waals surface area contributed by atoms with Crippen LogP contribution in [0.3, 0.4) is 0 Å². The van der Waals surface area contributed by atoms with Crippen LogP contribution in [0.2, 0.25) is 0 Å². The van der Waals surface area contributed by atoms with Crippen LogP contribution in [0.5, 0.6) is 0 Å². The Morgan fingerprint density at radius 1 is 1.22 bits per heavy atom. The number of aryl methyl sites for hydroxylation is 1. The van der Waals surface area contributed by atoms with Crippen LogP contribution >= 0.6 is 24.0 Å². The van der Waals surface area contributed by atoms with E-state index in [0.29, 0.717) is 25.6 Å². The van der Waals surface area contributed by atoms with Gasteiger partial charge in [-0.2, -0.15) is 5.10 Å². The first kappa shape index (κ1) is 19.8. The Labute approximate surface area is 175 Å². The number of imide groups is 1. The van der Waals surface area contributed by atoms with Crippen LogP contribution in [0.4, 0.5) is 0 Å². The second-order valence-electron chi connectivity index (χ2n) is 7.13. The van der Waals surface area contributed by atoms with Crippen molar-refractivity contribution >= 4 is 41.8 Å². The summed E-state index contributed by atoms with van der Waals surface area (Å²) in [5.41, 5.74) is 1.04. The number of aliphatic imine (C=N–C) groups is 1. The van der Waals surface area contributed by atoms with Crippen molar-refractivity contribution in [1.29, 1.82) is 0 Å². The lowest BCUT2D eigenvalue weighted by atomic mass is 9.85. The SMILES string of the molecule is CN=C(NCCN1C(=O)C2C3C=CC(C3)C2C1=O)NCc1ccnn1C.I. The summed E-state index contributed by atoms with van der Waals surface area (Å²) in [7, 11) is 3.58. The van der Waals surface area contributed by atoms with Gasteiger partial charge in [-0.3, -0.25) is 24.2 Å². The van der Waals surface area contributed by atoms with Gasteiger partial charge in [0.25, 0.3) is 0 Å². The van der Waals surface area contributed by atoms with Gasteiger partial charge in [0.1, 0.15) is 0 Å². The van der Waals surface area contributed by atoms with Crippen molar-refractivity contribution in [2.45, 2.75) is 13.0 Å². The van der Waals surface area contributed by atoms with E-state index < -0.39 is 0 Å². The lowest BCUT2D eigenvalue weighted by Gasteiger charge is -2.18. The van der Waals surface area contributed by atoms with Gasteiger partial charge in [0.2, 0.25) is 11.8 Å². The topological polar surface area (TPSA) is 91.6 Å². The number of hydrogen-bond donors (Lipinski definition) is 2. The van der Waals surface area contributed by atoms with E-state index in [0.717, 1.165) is 12.1 Å². The highest BCUT2D eigenvalue weighted by Crippen LogP contribution is 2.52. The van der Waals surface area contributed by atoms with Crippen molar-refractivity contribution in [3.63, 3.8) is 0 Å². The largest absolute Gasteiger partial charge is 0.355 e. The Morgan fingerprint density at radius 3 is 2.44 bits per heavy atom. The number of hydrogen-bond acceptors (Lipinski definition) is 4. The molecule has 4 atom stereocenters. The van der Waals surface area contributed by atoms with Crippen molar-refractivity contribution < 1.29 is 9.59 Å². The lowest BCUT2D eigenvalue weighted by Crippen LogP contribution is -2.43. The maximum Gasteiger partial charge on any atom is 0.233 e. The molecule has 9 heteroatoms. The van der Waals surface area contributed by atoms with Gasteiger partial charge in [-0.15, -0.1) is 24.0 Å². The molecular formula is C18H25IN6O2. The van der Waals surface area contributed by atoms with Crippen molar-refractivity contribution in [2.24, 2.45) is 35.7 Å². The first-order valence-electron chi connectivity index (χ1n) is 9.05. The summed E-state index contributed by atoms with van der Waals surface area (Å²) >= 11 is 0. The molecule has 8 nitrogen and oxygen atoms in total. The third-order valence-electron chi connectivity index (χ3n) is 5.77. The zero-order valence-corrected chi connectivity index (χ0v) is 17.8. The molecule has 2 amide bonds. The van der Waals surface area contributed by atoms with Crippen molar-refractivity contribution in [2.75, 3.05) is 20.1 Å². The van der Waals surface area contributed by atoms with Crippen LogP contribution in [0, 0.1) is 23.7 Å². The minimum absolute atomic E-state index is 0. The number of rotatable bonds is 5. The van der Waals surface area contributed by atoms with E-state index in [4.69, 9.17) is 0 Å². The monoisotopic (exact) mass is 484 g/mol. The summed E-state index contributed by atoms with van der Waals surface area (Å²) in [4.78, 5) is 30.9. The maximum absolute atomic E-state index is 12.6. The molecule has 0 aromatic carbocycles. The van der Waals surface area contributed by atoms with E-state index in [1.165, 1.54) is 4.90 Å². The van der Waals surface area contributed by atoms with Gasteiger partial charge in [0.05, 0.1) is 24.1 Å². The minimum Gasteiger partial charge on any atom is -0.355 e. The van der Waals surface area contributed by atoms with E-state index in [2.05, 4.69) is 32.9 Å². The van der Waals surface area contributed by atoms with Crippen LogP contribution < -0.4 is 10.6 Å². The fraction of sp³-hybridized carbons (Fsp3) is 0.556. The Morgan fingerprint density at radius 2 is 1.89 bits per heavy atom. The zero-order valence-electron chi connectivity index (χ0n) is 15.5. The normalized spacial score (nSPS) is 28.5. The van der Waals surface area contributed by atoms with Gasteiger partial charge in [0.15, 0.2) is 5.96 Å². The number of carbonyl (C=O) groups is 2. The number of guanidine groups is 1. The molecule has 1 saturated carbocycles. The molecule has 1 aromatic heterocycles. The summed E-state index contributed by atoms with van der Waals surface area (Å²) in [6.45, 7) is 1.44. The molecule has 0 spiro atoms. The van der Waals surface area contributed by atoms with Gasteiger partial charge in [-0.1, -0.05) is 12.2 Å². The van der Waals surface area contributed by atoms with Crippen molar-refractivity contribution in [3.05, 3.63) is 30.1 Å². The first-order valence-corrected chi connectivity index (χ1v) is 9.05. The number of nitrogens with one attached hydrogen (secondary N) is 2. The summed E-state index contributed by atoms with van der Waals surface area (Å²) in [5.74, 6) is 0.889. The molecule has 1 aliphatic heterocycles. The molecule has 27 heavy (non-hydrogen) atoms. The standard InChI is InChI=1S/C18H24N6O2.HI/c1-19-18(21-10-13-5-6-22-23(13)2)20-7-8-24-16(25)14-11-3-4-12(9-11)15(14)17(24)26;/h3-6,11-12,14-15H,7-10H2,1-2H3,(H2,19,20,21);1H. The molecule has 2 heterocycles. The number of nitrogens with zero attached hydrogens (tertiary/aromatic N) is 4. The molecule has 2 N–H and O–H groups in total. The second kappa shape index (κ2) is 7.99. The van der Waals surface area contributed by atoms with Gasteiger partial charge < -0.3 is 10.6 Å². The number of halogens is 1. The first-order chi connectivity index (χ1) is 12.6.